The highest BCUT2D eigenvalue weighted by molar-refractivity contribution is 6.34. The number of imidazole rings is 1. The molecule has 0 radical (unpaired) electrons. The number of hydrogen-bond donors (Lipinski definition) is 4. The minimum atomic E-state index is -0.370. The molecule has 35 heavy (non-hydrogen) atoms. The Morgan fingerprint density at radius 2 is 2.00 bits per heavy atom. The van der Waals surface area contributed by atoms with Crippen molar-refractivity contribution in [3.63, 3.8) is 0 Å². The molecule has 5 aromatic heterocycles. The molecule has 0 bridgehead atoms. The first-order valence-corrected chi connectivity index (χ1v) is 11.3. The second-order valence-corrected chi connectivity index (χ2v) is 8.89. The zero-order valence-corrected chi connectivity index (χ0v) is 19.5. The number of fused-ring (bicyclic) bond motifs is 3. The Labute approximate surface area is 207 Å². The number of halogens is 2. The molecule has 6 aromatic rings. The number of aromatic amines is 2. The van der Waals surface area contributed by atoms with E-state index in [1.54, 1.807) is 18.6 Å². The van der Waals surface area contributed by atoms with Gasteiger partial charge in [-0.3, -0.25) is 4.79 Å². The lowest BCUT2D eigenvalue weighted by Gasteiger charge is -2.07. The fourth-order valence-electron chi connectivity index (χ4n) is 4.13. The first-order valence-electron chi connectivity index (χ1n) is 10.6. The van der Waals surface area contributed by atoms with Crippen LogP contribution in [0, 0.1) is 0 Å². The normalized spacial score (nSPS) is 11.6. The molecule has 5 heterocycles. The lowest BCUT2D eigenvalue weighted by atomic mass is 10.1. The molecule has 0 aliphatic heterocycles. The van der Waals surface area contributed by atoms with E-state index in [0.717, 1.165) is 27.5 Å². The van der Waals surface area contributed by atoms with Gasteiger partial charge >= 0.3 is 0 Å². The van der Waals surface area contributed by atoms with Crippen LogP contribution in [-0.4, -0.2) is 40.4 Å². The molecule has 1 aromatic carbocycles. The Morgan fingerprint density at radius 1 is 1.11 bits per heavy atom. The number of carbonyl (C=O) groups excluding carboxylic acids is 1. The van der Waals surface area contributed by atoms with E-state index in [0.29, 0.717) is 34.2 Å². The highest BCUT2D eigenvalue weighted by Gasteiger charge is 2.16. The van der Waals surface area contributed by atoms with Crippen molar-refractivity contribution in [3.8, 4) is 0 Å². The maximum Gasteiger partial charge on any atom is 0.271 e. The van der Waals surface area contributed by atoms with E-state index < -0.39 is 0 Å². The predicted molar refractivity (Wildman–Crippen MR) is 134 cm³/mol. The van der Waals surface area contributed by atoms with Crippen molar-refractivity contribution in [2.24, 2.45) is 0 Å². The summed E-state index contributed by atoms with van der Waals surface area (Å²) in [7, 11) is 0. The maximum atomic E-state index is 12.8. The molecule has 174 valence electrons. The van der Waals surface area contributed by atoms with Crippen molar-refractivity contribution in [3.05, 3.63) is 76.2 Å². The topological polar surface area (TPSA) is 143 Å². The van der Waals surface area contributed by atoms with Crippen LogP contribution in [-0.2, 0) is 13.1 Å². The lowest BCUT2D eigenvalue weighted by Crippen LogP contribution is -2.24. The average molecular weight is 506 g/mol. The van der Waals surface area contributed by atoms with Crippen LogP contribution in [0.25, 0.3) is 33.1 Å². The van der Waals surface area contributed by atoms with Crippen LogP contribution in [0.15, 0.2) is 49.2 Å². The molecule has 0 fully saturated rings. The predicted octanol–water partition coefficient (Wildman–Crippen LogP) is 4.05. The molecule has 0 saturated heterocycles. The molecule has 0 unspecified atom stereocenters. The molecule has 5 N–H and O–H groups in total. The summed E-state index contributed by atoms with van der Waals surface area (Å²) < 4.78 is 1.88. The zero-order chi connectivity index (χ0) is 24.1. The molecule has 0 spiro atoms. The second-order valence-electron chi connectivity index (χ2n) is 8.04. The number of nitrogens with one attached hydrogen (secondary N) is 3. The number of rotatable bonds is 5. The van der Waals surface area contributed by atoms with Crippen molar-refractivity contribution < 1.29 is 4.79 Å². The number of nitrogens with two attached hydrogens (primary N) is 1. The fraction of sp³-hybridized carbons (Fsp3) is 0.0870. The van der Waals surface area contributed by atoms with Gasteiger partial charge < -0.3 is 25.6 Å². The highest BCUT2D eigenvalue weighted by Crippen LogP contribution is 2.27. The molecule has 1 amide bonds. The van der Waals surface area contributed by atoms with Gasteiger partial charge in [-0.15, -0.1) is 0 Å². The standard InChI is InChI=1S/C23H17Cl2N9O/c24-14-3-12-5-15(7-28-23(35)18-16(25)6-11-1-2-27-21(11)33-18)32-17(12)13(4-14)8-34-10-31-19-20(26)29-9-30-22(19)34/h1-6,9-10,32H,7-8H2,(H,27,33)(H,28,35)(H2,26,29,30). The van der Waals surface area contributed by atoms with E-state index in [9.17, 15) is 4.79 Å². The quantitative estimate of drug-likeness (QED) is 0.278. The summed E-state index contributed by atoms with van der Waals surface area (Å²) in [6.07, 6.45) is 4.83. The van der Waals surface area contributed by atoms with Crippen LogP contribution >= 0.6 is 23.2 Å². The molecular weight excluding hydrogens is 489 g/mol. The van der Waals surface area contributed by atoms with E-state index in [-0.39, 0.29) is 23.2 Å². The van der Waals surface area contributed by atoms with Crippen LogP contribution in [0.5, 0.6) is 0 Å². The summed E-state index contributed by atoms with van der Waals surface area (Å²) >= 11 is 12.7. The number of nitrogens with zero attached hydrogens (tertiary/aromatic N) is 5. The molecule has 6 rings (SSSR count). The van der Waals surface area contributed by atoms with Crippen LogP contribution in [0.1, 0.15) is 21.7 Å². The largest absolute Gasteiger partial charge is 0.382 e. The van der Waals surface area contributed by atoms with Crippen molar-refractivity contribution in [2.45, 2.75) is 13.1 Å². The summed E-state index contributed by atoms with van der Waals surface area (Å²) in [6, 6.07) is 9.25. The van der Waals surface area contributed by atoms with Crippen LogP contribution in [0.3, 0.4) is 0 Å². The van der Waals surface area contributed by atoms with Gasteiger partial charge in [0.1, 0.15) is 23.2 Å². The lowest BCUT2D eigenvalue weighted by molar-refractivity contribution is 0.0946. The fourth-order valence-corrected chi connectivity index (χ4v) is 4.62. The Hall–Kier alpha value is -4.15. The highest BCUT2D eigenvalue weighted by atomic mass is 35.5. The van der Waals surface area contributed by atoms with Gasteiger partial charge in [0.05, 0.1) is 30.0 Å². The average Bonchev–Trinajstić information content (AvgIpc) is 3.56. The van der Waals surface area contributed by atoms with Gasteiger partial charge in [-0.2, -0.15) is 0 Å². The van der Waals surface area contributed by atoms with Crippen molar-refractivity contribution in [1.82, 2.24) is 39.8 Å². The van der Waals surface area contributed by atoms with E-state index in [4.69, 9.17) is 28.9 Å². The van der Waals surface area contributed by atoms with Gasteiger partial charge in [-0.05, 0) is 35.9 Å². The molecule has 10 nitrogen and oxygen atoms in total. The number of nitrogen functional groups attached to an aromatic ring is 1. The summed E-state index contributed by atoms with van der Waals surface area (Å²) in [5.74, 6) is -0.0431. The van der Waals surface area contributed by atoms with E-state index in [2.05, 4.69) is 35.2 Å². The summed E-state index contributed by atoms with van der Waals surface area (Å²) in [5, 5.41) is 5.51. The number of H-pyrrole nitrogens is 2. The zero-order valence-electron chi connectivity index (χ0n) is 18.0. The summed E-state index contributed by atoms with van der Waals surface area (Å²) in [4.78, 5) is 36.1. The van der Waals surface area contributed by atoms with Gasteiger partial charge in [0.25, 0.3) is 5.91 Å². The minimum Gasteiger partial charge on any atom is -0.382 e. The van der Waals surface area contributed by atoms with Gasteiger partial charge in [-0.25, -0.2) is 19.9 Å². The molecule has 0 aliphatic carbocycles. The van der Waals surface area contributed by atoms with Crippen LogP contribution in [0.4, 0.5) is 5.82 Å². The molecule has 12 heteroatoms. The number of pyridine rings is 1. The molecule has 0 atom stereocenters. The number of carbonyl (C=O) groups is 1. The minimum absolute atomic E-state index is 0.162. The smallest absolute Gasteiger partial charge is 0.271 e. The Bertz CT molecular complexity index is 1750. The number of aromatic nitrogens is 7. The second kappa shape index (κ2) is 8.26. The van der Waals surface area contributed by atoms with Crippen LogP contribution < -0.4 is 11.1 Å². The summed E-state index contributed by atoms with van der Waals surface area (Å²) in [5.41, 5.74) is 10.5. The molecule has 0 aliphatic rings. The number of anilines is 1. The molecular formula is C23H17Cl2N9O. The van der Waals surface area contributed by atoms with E-state index in [1.807, 2.05) is 28.8 Å². The van der Waals surface area contributed by atoms with Crippen LogP contribution in [0.2, 0.25) is 10.0 Å². The number of benzene rings is 1. The number of hydrogen-bond acceptors (Lipinski definition) is 6. The third kappa shape index (κ3) is 3.82. The third-order valence-electron chi connectivity index (χ3n) is 5.74. The maximum absolute atomic E-state index is 12.8. The van der Waals surface area contributed by atoms with Gasteiger partial charge in [0, 0.05) is 27.7 Å². The van der Waals surface area contributed by atoms with Gasteiger partial charge in [0.2, 0.25) is 0 Å². The van der Waals surface area contributed by atoms with Gasteiger partial charge in [0.15, 0.2) is 11.5 Å². The van der Waals surface area contributed by atoms with E-state index in [1.165, 1.54) is 6.33 Å². The van der Waals surface area contributed by atoms with Gasteiger partial charge in [-0.1, -0.05) is 23.2 Å². The monoisotopic (exact) mass is 505 g/mol. The first-order chi connectivity index (χ1) is 17.0. The first kappa shape index (κ1) is 21.4. The van der Waals surface area contributed by atoms with E-state index >= 15 is 0 Å². The Balaban J connectivity index is 1.27. The van der Waals surface area contributed by atoms with Crippen molar-refractivity contribution >= 4 is 68.0 Å². The molecule has 0 saturated carbocycles. The third-order valence-corrected chi connectivity index (χ3v) is 6.25. The van der Waals surface area contributed by atoms with Crippen molar-refractivity contribution in [1.29, 1.82) is 0 Å². The van der Waals surface area contributed by atoms with Crippen molar-refractivity contribution in [2.75, 3.05) is 5.73 Å². The SMILES string of the molecule is Nc1ncnc2c1ncn2Cc1cc(Cl)cc2cc(CNC(=O)c3nc4[nH]ccc4cc3Cl)[nH]c12. The Morgan fingerprint density at radius 3 is 2.89 bits per heavy atom. The number of amides is 1. The summed E-state index contributed by atoms with van der Waals surface area (Å²) in [6.45, 7) is 0.717. The Kier molecular flexibility index (Phi) is 5.05.